The smallest absolute Gasteiger partial charge is 0.469 e. The molecule has 0 rings (SSSR count). The van der Waals surface area contributed by atoms with Gasteiger partial charge in [-0.15, -0.1) is 0 Å². The molecule has 0 aliphatic carbocycles. The van der Waals surface area contributed by atoms with Gasteiger partial charge in [-0.2, -0.15) is 0 Å². The van der Waals surface area contributed by atoms with Gasteiger partial charge in [-0.05, 0) is 80.6 Å². The molecule has 0 saturated heterocycles. The molecule has 0 fully saturated rings. The molecule has 0 radical (unpaired) electrons. The lowest BCUT2D eigenvalue weighted by molar-refractivity contribution is -0.155. The third kappa shape index (κ3) is 148. The number of hydrogen-bond acceptors (Lipinski definition) is 42. The van der Waals surface area contributed by atoms with Gasteiger partial charge >= 0.3 is 114 Å². The van der Waals surface area contributed by atoms with Crippen molar-refractivity contribution in [3.8, 4) is 0 Å². The molecule has 42 heteroatoms. The van der Waals surface area contributed by atoms with Crippen molar-refractivity contribution < 1.29 is 200 Å². The molecule has 0 saturated carbocycles. The van der Waals surface area contributed by atoms with Crippen LogP contribution in [0, 0.1) is 11.8 Å². The van der Waals surface area contributed by atoms with E-state index < -0.39 is 97.9 Å². The van der Waals surface area contributed by atoms with Gasteiger partial charge in [0.25, 0.3) is 0 Å². The number of esters is 15. The molecule has 0 spiro atoms. The average molecular weight is 1840 g/mol. The second-order valence-electron chi connectivity index (χ2n) is 20.0. The normalized spacial score (nSPS) is 8.77. The Morgan fingerprint density at radius 1 is 0.276 bits per heavy atom. The molecule has 0 aliphatic rings. The molecule has 0 aromatic heterocycles. The number of carbonyl (C=O) groups is 19. The molecule has 2 unspecified atom stereocenters. The van der Waals surface area contributed by atoms with E-state index >= 15 is 0 Å². The van der Waals surface area contributed by atoms with Crippen LogP contribution in [0.4, 0.5) is 19.2 Å². The van der Waals surface area contributed by atoms with E-state index in [1.807, 2.05) is 6.92 Å². The second-order valence-corrected chi connectivity index (χ2v) is 20.0. The van der Waals surface area contributed by atoms with Crippen molar-refractivity contribution >= 4 is 114 Å². The molecule has 0 N–H and O–H groups in total. The lowest BCUT2D eigenvalue weighted by atomic mass is 10.1. The Bertz CT molecular complexity index is 2940. The van der Waals surface area contributed by atoms with Crippen LogP contribution in [0.2, 0.25) is 0 Å². The monoisotopic (exact) mass is 1840 g/mol. The first-order chi connectivity index (χ1) is 56.7. The summed E-state index contributed by atoms with van der Waals surface area (Å²) in [6, 6.07) is 0. The minimum Gasteiger partial charge on any atom is -0.469 e. The first kappa shape index (κ1) is 154. The predicted molar refractivity (Wildman–Crippen MR) is 466 cm³/mol. The van der Waals surface area contributed by atoms with Crippen molar-refractivity contribution in [2.24, 2.45) is 11.8 Å². The van der Waals surface area contributed by atoms with Gasteiger partial charge in [0, 0.05) is 81.0 Å². The largest absolute Gasteiger partial charge is 0.511 e. The van der Waals surface area contributed by atoms with Gasteiger partial charge in [-0.1, -0.05) is 132 Å². The summed E-state index contributed by atoms with van der Waals surface area (Å²) in [7, 11) is 1.37. The zero-order valence-corrected chi connectivity index (χ0v) is 70.5. The van der Waals surface area contributed by atoms with Crippen LogP contribution >= 0.6 is 0 Å². The third-order valence-electron chi connectivity index (χ3n) is 10.1. The summed E-state index contributed by atoms with van der Waals surface area (Å²) < 4.78 is 103. The molecule has 0 aromatic rings. The van der Waals surface area contributed by atoms with E-state index in [1.165, 1.54) is 21.0 Å². The SMILES string of the molecule is C.C.C.C.C.C.C.C=CC(=O)OC(C)C.C=CC(=O)OCC(=O)OCC.C=CC(=O)OCC(C)CCCC(=O)OC.C=CC(=O)OCCC(C)C(=O)OCC.C=CC(=O)OCCOC(=O)OCC.C=CC(=O)OCCOC(=O)OCC.C=CC(=O)OCCOC(C)=O.C=CC(=O)OCCOC(C)=O.C=CC(=O)OCOC(=O)OCC.C=CC(=O)OCOC(=O)OCC. The molecule has 0 bridgehead atoms. The summed E-state index contributed by atoms with van der Waals surface area (Å²) in [6.07, 6.45) is 9.63. The minimum absolute atomic E-state index is 0. The van der Waals surface area contributed by atoms with Gasteiger partial charge < -0.3 is 109 Å². The van der Waals surface area contributed by atoms with Crippen LogP contribution in [0.25, 0.3) is 0 Å². The Kier molecular flexibility index (Phi) is 144. The first-order valence-corrected chi connectivity index (χ1v) is 35.5. The van der Waals surface area contributed by atoms with Gasteiger partial charge in [-0.25, -0.2) is 71.9 Å². The molecule has 2 atom stereocenters. The van der Waals surface area contributed by atoms with Crippen molar-refractivity contribution in [2.45, 2.75) is 167 Å². The second kappa shape index (κ2) is 119. The van der Waals surface area contributed by atoms with E-state index in [-0.39, 0.29) is 199 Å². The third-order valence-corrected chi connectivity index (χ3v) is 10.1. The summed E-state index contributed by atoms with van der Waals surface area (Å²) in [5.74, 6) is -7.10. The summed E-state index contributed by atoms with van der Waals surface area (Å²) >= 11 is 0. The molecular formula is C85H146O42. The molecular weight excluding hydrogens is 1690 g/mol. The minimum atomic E-state index is -0.866. The van der Waals surface area contributed by atoms with Crippen molar-refractivity contribution in [3.05, 3.63) is 127 Å². The molecule has 0 aliphatic heterocycles. The van der Waals surface area contributed by atoms with E-state index in [0.717, 1.165) is 73.6 Å². The zero-order chi connectivity index (χ0) is 94.3. The van der Waals surface area contributed by atoms with Gasteiger partial charge in [0.1, 0.15) is 52.9 Å². The lowest BCUT2D eigenvalue weighted by Crippen LogP contribution is -2.17. The number of carbonyl (C=O) groups excluding carboxylic acids is 19. The van der Waals surface area contributed by atoms with Gasteiger partial charge in [0.05, 0.1) is 72.0 Å². The van der Waals surface area contributed by atoms with E-state index in [0.29, 0.717) is 26.1 Å². The van der Waals surface area contributed by atoms with Crippen molar-refractivity contribution in [3.63, 3.8) is 0 Å². The Morgan fingerprint density at radius 3 is 0.803 bits per heavy atom. The van der Waals surface area contributed by atoms with Crippen molar-refractivity contribution in [2.75, 3.05) is 133 Å². The Hall–Kier alpha value is -13.5. The molecule has 42 nitrogen and oxygen atoms in total. The first-order valence-electron chi connectivity index (χ1n) is 35.5. The maximum absolute atomic E-state index is 11.1. The predicted octanol–water partition coefficient (Wildman–Crippen LogP) is 12.9. The van der Waals surface area contributed by atoms with Crippen LogP contribution in [-0.4, -0.2) is 253 Å². The van der Waals surface area contributed by atoms with E-state index in [2.05, 4.69) is 161 Å². The molecule has 0 aromatic carbocycles. The van der Waals surface area contributed by atoms with Crippen LogP contribution in [0.15, 0.2) is 127 Å². The van der Waals surface area contributed by atoms with Gasteiger partial charge in [0.2, 0.25) is 13.6 Å². The summed E-state index contributed by atoms with van der Waals surface area (Å²) in [6.45, 7) is 53.1. The maximum Gasteiger partial charge on any atom is 0.511 e. The van der Waals surface area contributed by atoms with Crippen molar-refractivity contribution in [1.82, 2.24) is 0 Å². The highest BCUT2D eigenvalue weighted by molar-refractivity contribution is 5.85. The molecule has 738 valence electrons. The Morgan fingerprint density at radius 2 is 0.535 bits per heavy atom. The summed E-state index contributed by atoms with van der Waals surface area (Å²) in [4.78, 5) is 199. The lowest BCUT2D eigenvalue weighted by Gasteiger charge is -2.10. The summed E-state index contributed by atoms with van der Waals surface area (Å²) in [5.41, 5.74) is 0. The molecule has 127 heavy (non-hydrogen) atoms. The van der Waals surface area contributed by atoms with Gasteiger partial charge in [-0.3, -0.25) is 19.2 Å². The standard InChI is InChI=1S/C11H18O4.C10H16O4.2C8H12O5.2C7H10O5.3C7H10O4.C6H10O2.7CH4/c1-4-10(12)15-8-9(2)6-5-7-11(13)14-3;1-4-9(11)14-7-6-8(3)10(12)13-5-2;2*1-3-7(9)12-5-6-13-8(10)11-4-2;2*1-3-6(8)11-5-12-7(9)10-4-2;2*1-3-7(9)11-5-4-10-6(2)8;1-3-6(8)11-5-7(9)10-4-2;1-4-6(7)8-5(2)3;;;;;;;/h4,9H,1,5-8H2,2-3H3;4,8H,1,5-7H2,2-3H3;2*3H,1,4-6H2,2H3;2*3H,1,4-5H2,2H3;3*3H,1,4-5H2,2H3;4-5H,1H2,2-3H3;7*1H4. The van der Waals surface area contributed by atoms with Gasteiger partial charge in [0.15, 0.2) is 6.61 Å². The fraction of sp³-hybridized carbons (Fsp3) is 0.541. The van der Waals surface area contributed by atoms with Crippen LogP contribution in [0.5, 0.6) is 0 Å². The quantitative estimate of drug-likeness (QED) is 0.0180. The van der Waals surface area contributed by atoms with E-state index in [9.17, 15) is 91.1 Å². The van der Waals surface area contributed by atoms with Crippen LogP contribution in [-0.2, 0) is 181 Å². The number of rotatable bonds is 45. The van der Waals surface area contributed by atoms with Crippen LogP contribution < -0.4 is 0 Å². The maximum atomic E-state index is 11.1. The number of ether oxygens (including phenoxy) is 23. The molecule has 0 amide bonds. The molecule has 0 heterocycles. The highest BCUT2D eigenvalue weighted by Crippen LogP contribution is 2.09. The fourth-order valence-electron chi connectivity index (χ4n) is 4.99. The highest BCUT2D eigenvalue weighted by atomic mass is 16.8. The van der Waals surface area contributed by atoms with Crippen LogP contribution in [0.1, 0.15) is 161 Å². The Labute approximate surface area is 749 Å². The van der Waals surface area contributed by atoms with Crippen molar-refractivity contribution in [1.29, 1.82) is 0 Å². The number of methoxy groups -OCH3 is 1. The average Bonchev–Trinajstić information content (AvgIpc) is 0.973. The zero-order valence-electron chi connectivity index (χ0n) is 70.5. The van der Waals surface area contributed by atoms with E-state index in [1.54, 1.807) is 62.3 Å². The summed E-state index contributed by atoms with van der Waals surface area (Å²) in [5, 5.41) is 0. The fourth-order valence-corrected chi connectivity index (χ4v) is 4.99. The topological polar surface area (TPSA) is 537 Å². The highest BCUT2D eigenvalue weighted by Gasteiger charge is 2.15. The van der Waals surface area contributed by atoms with Crippen LogP contribution in [0.3, 0.4) is 0 Å². The Balaban J connectivity index is -0.0000000704. The number of hydrogen-bond donors (Lipinski definition) is 0. The van der Waals surface area contributed by atoms with E-state index in [4.69, 9.17) is 14.2 Å².